The van der Waals surface area contributed by atoms with Crippen LogP contribution in [0, 0.1) is 5.41 Å². The van der Waals surface area contributed by atoms with Crippen molar-refractivity contribution in [3.8, 4) is 0 Å². The van der Waals surface area contributed by atoms with Crippen LogP contribution in [0.15, 0.2) is 59.5 Å². The van der Waals surface area contributed by atoms with Crippen LogP contribution in [0.4, 0.5) is 0 Å². The molecule has 148 valence electrons. The first-order chi connectivity index (χ1) is 13.5. The second-order valence-electron chi connectivity index (χ2n) is 7.99. The van der Waals surface area contributed by atoms with Crippen molar-refractivity contribution in [2.45, 2.75) is 29.9 Å². The molecule has 4 rings (SSSR count). The predicted octanol–water partition coefficient (Wildman–Crippen LogP) is 2.88. The number of carbonyl (C=O) groups excluding carboxylic acids is 1. The monoisotopic (exact) mass is 398 g/mol. The highest BCUT2D eigenvalue weighted by atomic mass is 32.2. The molecule has 1 spiro atoms. The Labute approximate surface area is 166 Å². The fraction of sp³-hybridized carbons (Fsp3) is 0.409. The Hall–Kier alpha value is -2.18. The Morgan fingerprint density at radius 3 is 2.25 bits per heavy atom. The van der Waals surface area contributed by atoms with Crippen molar-refractivity contribution in [3.63, 3.8) is 0 Å². The summed E-state index contributed by atoms with van der Waals surface area (Å²) in [4.78, 5) is 15.0. The van der Waals surface area contributed by atoms with E-state index in [1.807, 2.05) is 23.1 Å². The maximum Gasteiger partial charge on any atom is 0.253 e. The lowest BCUT2D eigenvalue weighted by Crippen LogP contribution is -2.44. The Morgan fingerprint density at radius 2 is 1.64 bits per heavy atom. The summed E-state index contributed by atoms with van der Waals surface area (Å²) in [6.45, 7) is 3.68. The smallest absolute Gasteiger partial charge is 0.253 e. The zero-order valence-electron chi connectivity index (χ0n) is 15.9. The SMILES string of the molecule is O=C(c1ccc(S(=O)(=O)Cc2ccccc2)cc1)N1CCC2(CCNC2)CC1. The molecular weight excluding hydrogens is 372 g/mol. The second-order valence-corrected chi connectivity index (χ2v) is 9.98. The van der Waals surface area contributed by atoms with E-state index < -0.39 is 9.84 Å². The third kappa shape index (κ3) is 3.98. The normalized spacial score (nSPS) is 19.1. The van der Waals surface area contributed by atoms with E-state index in [0.717, 1.165) is 44.6 Å². The molecule has 2 saturated heterocycles. The number of piperidine rings is 1. The summed E-state index contributed by atoms with van der Waals surface area (Å²) in [5.74, 6) is -0.0450. The van der Waals surface area contributed by atoms with Crippen molar-refractivity contribution in [1.82, 2.24) is 10.2 Å². The van der Waals surface area contributed by atoms with Crippen LogP contribution in [-0.2, 0) is 15.6 Å². The van der Waals surface area contributed by atoms with Gasteiger partial charge in [-0.15, -0.1) is 0 Å². The largest absolute Gasteiger partial charge is 0.339 e. The number of likely N-dealkylation sites (tertiary alicyclic amines) is 1. The molecule has 0 atom stereocenters. The lowest BCUT2D eigenvalue weighted by atomic mass is 9.78. The number of benzene rings is 2. The maximum absolute atomic E-state index is 12.8. The fourth-order valence-corrected chi connectivity index (χ4v) is 5.62. The Balaban J connectivity index is 1.42. The quantitative estimate of drug-likeness (QED) is 0.860. The van der Waals surface area contributed by atoms with Crippen LogP contribution in [0.3, 0.4) is 0 Å². The van der Waals surface area contributed by atoms with E-state index in [9.17, 15) is 13.2 Å². The number of sulfone groups is 1. The number of hydrogen-bond acceptors (Lipinski definition) is 4. The van der Waals surface area contributed by atoms with Crippen LogP contribution in [0.5, 0.6) is 0 Å². The average molecular weight is 399 g/mol. The van der Waals surface area contributed by atoms with E-state index in [1.54, 1.807) is 36.4 Å². The third-order valence-corrected chi connectivity index (χ3v) is 7.81. The molecule has 1 N–H and O–H groups in total. The highest BCUT2D eigenvalue weighted by Crippen LogP contribution is 2.37. The molecule has 0 bridgehead atoms. The minimum atomic E-state index is -3.43. The van der Waals surface area contributed by atoms with Crippen LogP contribution in [0.25, 0.3) is 0 Å². The van der Waals surface area contributed by atoms with Gasteiger partial charge in [-0.3, -0.25) is 4.79 Å². The highest BCUT2D eigenvalue weighted by molar-refractivity contribution is 7.90. The summed E-state index contributed by atoms with van der Waals surface area (Å²) in [6.07, 6.45) is 3.27. The zero-order valence-corrected chi connectivity index (χ0v) is 16.7. The molecular formula is C22H26N2O3S. The van der Waals surface area contributed by atoms with Gasteiger partial charge in [-0.05, 0) is 61.1 Å². The van der Waals surface area contributed by atoms with Crippen LogP contribution in [0.2, 0.25) is 0 Å². The van der Waals surface area contributed by atoms with Gasteiger partial charge in [0, 0.05) is 25.2 Å². The molecule has 0 saturated carbocycles. The highest BCUT2D eigenvalue weighted by Gasteiger charge is 2.38. The van der Waals surface area contributed by atoms with E-state index >= 15 is 0 Å². The average Bonchev–Trinajstić information content (AvgIpc) is 3.16. The molecule has 0 aliphatic carbocycles. The van der Waals surface area contributed by atoms with Gasteiger partial charge in [0.15, 0.2) is 9.84 Å². The van der Waals surface area contributed by atoms with Crippen molar-refractivity contribution in [1.29, 1.82) is 0 Å². The molecule has 0 radical (unpaired) electrons. The summed E-state index contributed by atoms with van der Waals surface area (Å²) in [6, 6.07) is 15.5. The fourth-order valence-electron chi connectivity index (χ4n) is 4.27. The summed E-state index contributed by atoms with van der Waals surface area (Å²) < 4.78 is 25.3. The predicted molar refractivity (Wildman–Crippen MR) is 109 cm³/mol. The lowest BCUT2D eigenvalue weighted by Gasteiger charge is -2.38. The number of amides is 1. The molecule has 28 heavy (non-hydrogen) atoms. The topological polar surface area (TPSA) is 66.5 Å². The standard InChI is InChI=1S/C22H26N2O3S/c25-21(24-14-11-22(12-15-24)10-13-23-17-22)19-6-8-20(9-7-19)28(26,27)16-18-4-2-1-3-5-18/h1-9,23H,10-17H2. The summed E-state index contributed by atoms with van der Waals surface area (Å²) in [5.41, 5.74) is 1.68. The van der Waals surface area contributed by atoms with Gasteiger partial charge in [0.25, 0.3) is 5.91 Å². The van der Waals surface area contributed by atoms with E-state index in [4.69, 9.17) is 0 Å². The van der Waals surface area contributed by atoms with Crippen molar-refractivity contribution < 1.29 is 13.2 Å². The first kappa shape index (κ1) is 19.2. The van der Waals surface area contributed by atoms with Crippen molar-refractivity contribution >= 4 is 15.7 Å². The van der Waals surface area contributed by atoms with Gasteiger partial charge in [-0.25, -0.2) is 8.42 Å². The number of carbonyl (C=O) groups is 1. The van der Waals surface area contributed by atoms with Crippen LogP contribution >= 0.6 is 0 Å². The molecule has 2 aromatic carbocycles. The molecule has 2 aliphatic rings. The van der Waals surface area contributed by atoms with Gasteiger partial charge in [-0.2, -0.15) is 0 Å². The summed E-state index contributed by atoms with van der Waals surface area (Å²) in [5, 5.41) is 3.44. The first-order valence-electron chi connectivity index (χ1n) is 9.84. The molecule has 5 nitrogen and oxygen atoms in total. The van der Waals surface area contributed by atoms with E-state index in [1.165, 1.54) is 6.42 Å². The molecule has 0 unspecified atom stereocenters. The molecule has 2 aromatic rings. The lowest BCUT2D eigenvalue weighted by molar-refractivity contribution is 0.0607. The Bertz CT molecular complexity index is 924. The zero-order chi connectivity index (χ0) is 19.6. The molecule has 0 aromatic heterocycles. The number of nitrogens with zero attached hydrogens (tertiary/aromatic N) is 1. The van der Waals surface area contributed by atoms with Gasteiger partial charge in [0.05, 0.1) is 10.6 Å². The van der Waals surface area contributed by atoms with Crippen molar-refractivity contribution in [2.24, 2.45) is 5.41 Å². The maximum atomic E-state index is 12.8. The number of nitrogens with one attached hydrogen (secondary N) is 1. The van der Waals surface area contributed by atoms with Crippen LogP contribution < -0.4 is 5.32 Å². The third-order valence-electron chi connectivity index (χ3n) is 6.10. The second kappa shape index (κ2) is 7.68. The van der Waals surface area contributed by atoms with E-state index in [0.29, 0.717) is 11.0 Å². The number of hydrogen-bond donors (Lipinski definition) is 1. The van der Waals surface area contributed by atoms with E-state index in [2.05, 4.69) is 5.32 Å². The number of rotatable bonds is 4. The Kier molecular flexibility index (Phi) is 5.25. The molecule has 2 heterocycles. The molecule has 2 aliphatic heterocycles. The van der Waals surface area contributed by atoms with Crippen molar-refractivity contribution in [3.05, 3.63) is 65.7 Å². The molecule has 1 amide bonds. The Morgan fingerprint density at radius 1 is 0.964 bits per heavy atom. The minimum absolute atomic E-state index is 0.00665. The van der Waals surface area contributed by atoms with Crippen LogP contribution in [0.1, 0.15) is 35.2 Å². The first-order valence-corrected chi connectivity index (χ1v) is 11.5. The van der Waals surface area contributed by atoms with Gasteiger partial charge in [0.2, 0.25) is 0 Å². The van der Waals surface area contributed by atoms with Crippen LogP contribution in [-0.4, -0.2) is 45.4 Å². The summed E-state index contributed by atoms with van der Waals surface area (Å²) in [7, 11) is -3.43. The van der Waals surface area contributed by atoms with Gasteiger partial charge >= 0.3 is 0 Å². The molecule has 2 fully saturated rings. The minimum Gasteiger partial charge on any atom is -0.339 e. The van der Waals surface area contributed by atoms with Gasteiger partial charge in [-0.1, -0.05) is 30.3 Å². The van der Waals surface area contributed by atoms with Crippen molar-refractivity contribution in [2.75, 3.05) is 26.2 Å². The molecule has 6 heteroatoms. The van der Waals surface area contributed by atoms with Gasteiger partial charge < -0.3 is 10.2 Å². The van der Waals surface area contributed by atoms with E-state index in [-0.39, 0.29) is 16.6 Å². The van der Waals surface area contributed by atoms with Gasteiger partial charge in [0.1, 0.15) is 0 Å². The summed E-state index contributed by atoms with van der Waals surface area (Å²) >= 11 is 0.